The third-order valence-corrected chi connectivity index (χ3v) is 13.4. The van der Waals surface area contributed by atoms with E-state index < -0.39 is 34.2 Å². The second-order valence-electron chi connectivity index (χ2n) is 19.2. The largest absolute Gasteiger partial charge is 0.489 e. The Balaban J connectivity index is 1.33. The van der Waals surface area contributed by atoms with Crippen LogP contribution in [0.25, 0.3) is 6.08 Å². The van der Waals surface area contributed by atoms with Crippen molar-refractivity contribution in [2.75, 3.05) is 26.6 Å². The van der Waals surface area contributed by atoms with Gasteiger partial charge in [-0.2, -0.15) is 0 Å². The predicted molar refractivity (Wildman–Crippen MR) is 262 cm³/mol. The number of ether oxygens (including phenoxy) is 5. The number of aliphatic hydroxyl groups excluding tert-OH is 2. The first-order chi connectivity index (χ1) is 33.8. The highest BCUT2D eigenvalue weighted by Crippen LogP contribution is 2.62. The number of carbonyl (C=O) groups excluding carboxylic acids is 1. The number of hydrogen-bond acceptors (Lipinski definition) is 12. The third-order valence-electron chi connectivity index (χ3n) is 13.4. The van der Waals surface area contributed by atoms with Crippen molar-refractivity contribution in [3.05, 3.63) is 153 Å². The maximum Gasteiger partial charge on any atom is 0.269 e. The number of non-ortho nitro benzene ring substituents is 1. The molecule has 15 heteroatoms. The number of benzene rings is 4. The van der Waals surface area contributed by atoms with Gasteiger partial charge in [-0.05, 0) is 130 Å². The molecule has 6 unspecified atom stereocenters. The SMILES string of the molecule is C=CCOC12Oc3ccc(OCc4ccccc4F)cc3C3C(CCCCO)C(CCCCO)C=C(C(=NOC(C)(C)C)CC1N(Cc1ccc4c(c1)OCO4)C(=O)C=Cc1ccc([N+](=O)[O-])cc1)C32. The summed E-state index contributed by atoms with van der Waals surface area (Å²) >= 11 is 0. The number of nitro benzene ring substituents is 1. The first-order valence-electron chi connectivity index (χ1n) is 24.1. The van der Waals surface area contributed by atoms with Gasteiger partial charge in [-0.3, -0.25) is 14.9 Å². The molecule has 1 saturated carbocycles. The van der Waals surface area contributed by atoms with Crippen LogP contribution in [0.2, 0.25) is 0 Å². The zero-order chi connectivity index (χ0) is 49.4. The molecule has 4 aromatic rings. The molecule has 0 aromatic heterocycles. The molecular formula is C55H62FN3O11. The first-order valence-corrected chi connectivity index (χ1v) is 24.1. The van der Waals surface area contributed by atoms with Gasteiger partial charge in [0.2, 0.25) is 18.5 Å². The molecular weight excluding hydrogens is 898 g/mol. The monoisotopic (exact) mass is 959 g/mol. The minimum absolute atomic E-state index is 0.00495. The second-order valence-corrected chi connectivity index (χ2v) is 19.2. The van der Waals surface area contributed by atoms with Crippen molar-refractivity contribution in [3.63, 3.8) is 0 Å². The number of hydrogen-bond donors (Lipinski definition) is 2. The minimum atomic E-state index is -1.58. The number of oxime groups is 1. The summed E-state index contributed by atoms with van der Waals surface area (Å²) in [6, 6.07) is 22.7. The van der Waals surface area contributed by atoms with Crippen LogP contribution < -0.4 is 18.9 Å². The van der Waals surface area contributed by atoms with E-state index in [9.17, 15) is 24.7 Å². The normalized spacial score (nSPS) is 22.7. The number of nitrogens with zero attached hydrogens (tertiary/aromatic N) is 3. The molecule has 0 radical (unpaired) electrons. The van der Waals surface area contributed by atoms with Crippen molar-refractivity contribution in [2.24, 2.45) is 22.9 Å². The average molecular weight is 960 g/mol. The minimum Gasteiger partial charge on any atom is -0.489 e. The van der Waals surface area contributed by atoms with Crippen molar-refractivity contribution in [1.82, 2.24) is 4.90 Å². The smallest absolute Gasteiger partial charge is 0.269 e. The maximum absolute atomic E-state index is 15.3. The summed E-state index contributed by atoms with van der Waals surface area (Å²) in [6.45, 7) is 10.1. The van der Waals surface area contributed by atoms with E-state index in [4.69, 9.17) is 33.7 Å². The lowest BCUT2D eigenvalue weighted by molar-refractivity contribution is -0.384. The molecule has 2 N–H and O–H groups in total. The van der Waals surface area contributed by atoms with Gasteiger partial charge in [0.25, 0.3) is 5.69 Å². The summed E-state index contributed by atoms with van der Waals surface area (Å²) in [5, 5.41) is 36.5. The highest BCUT2D eigenvalue weighted by Gasteiger charge is 2.65. The number of fused-ring (bicyclic) bond motifs is 3. The zero-order valence-corrected chi connectivity index (χ0v) is 40.0. The molecule has 4 aromatic carbocycles. The number of unbranched alkanes of at least 4 members (excludes halogenated alkanes) is 2. The highest BCUT2D eigenvalue weighted by molar-refractivity contribution is 6.03. The lowest BCUT2D eigenvalue weighted by Crippen LogP contribution is -2.70. The van der Waals surface area contributed by atoms with E-state index in [1.807, 2.05) is 51.1 Å². The van der Waals surface area contributed by atoms with Crippen LogP contribution in [0.5, 0.6) is 23.0 Å². The maximum atomic E-state index is 15.3. The van der Waals surface area contributed by atoms with Crippen molar-refractivity contribution < 1.29 is 52.8 Å². The fourth-order valence-electron chi connectivity index (χ4n) is 10.3. The van der Waals surface area contributed by atoms with Crippen molar-refractivity contribution in [2.45, 2.75) is 102 Å². The quantitative estimate of drug-likeness (QED) is 0.0268. The molecule has 4 aliphatic rings. The fraction of sp³-hybridized carbons (Fsp3) is 0.418. The van der Waals surface area contributed by atoms with Gasteiger partial charge < -0.3 is 43.6 Å². The summed E-state index contributed by atoms with van der Waals surface area (Å²) in [6.07, 6.45) is 11.3. The molecule has 0 spiro atoms. The molecule has 8 rings (SSSR count). The molecule has 1 fully saturated rings. The van der Waals surface area contributed by atoms with E-state index >= 15 is 4.79 Å². The molecule has 2 aliphatic carbocycles. The Hall–Kier alpha value is -6.55. The lowest BCUT2D eigenvalue weighted by atomic mass is 9.55. The molecule has 2 heterocycles. The van der Waals surface area contributed by atoms with Gasteiger partial charge in [0.1, 0.15) is 35.6 Å². The topological polar surface area (TPSA) is 172 Å². The fourth-order valence-corrected chi connectivity index (χ4v) is 10.3. The molecule has 0 bridgehead atoms. The summed E-state index contributed by atoms with van der Waals surface area (Å²) in [4.78, 5) is 34.3. The van der Waals surface area contributed by atoms with E-state index in [1.165, 1.54) is 24.3 Å². The number of aliphatic hydroxyl groups is 2. The molecule has 0 saturated heterocycles. The Morgan fingerprint density at radius 3 is 2.44 bits per heavy atom. The molecule has 70 heavy (non-hydrogen) atoms. The van der Waals surface area contributed by atoms with Gasteiger partial charge in [-0.25, -0.2) is 4.39 Å². The summed E-state index contributed by atoms with van der Waals surface area (Å²) in [7, 11) is 0. The first kappa shape index (κ1) is 49.9. The van der Waals surface area contributed by atoms with Gasteiger partial charge in [-0.1, -0.05) is 54.4 Å². The molecule has 6 atom stereocenters. The van der Waals surface area contributed by atoms with Crippen LogP contribution in [0, 0.1) is 33.7 Å². The van der Waals surface area contributed by atoms with Gasteiger partial charge in [0.15, 0.2) is 11.5 Å². The number of halogens is 1. The lowest BCUT2D eigenvalue weighted by Gasteiger charge is -2.60. The van der Waals surface area contributed by atoms with Crippen molar-refractivity contribution in [1.29, 1.82) is 0 Å². The molecule has 370 valence electrons. The Bertz CT molecular complexity index is 2610. The van der Waals surface area contributed by atoms with Crippen molar-refractivity contribution >= 4 is 23.4 Å². The van der Waals surface area contributed by atoms with Crippen LogP contribution in [0.15, 0.2) is 120 Å². The van der Waals surface area contributed by atoms with E-state index in [1.54, 1.807) is 53.5 Å². The van der Waals surface area contributed by atoms with Gasteiger partial charge in [0.05, 0.1) is 23.2 Å². The Morgan fingerprint density at radius 1 is 0.971 bits per heavy atom. The predicted octanol–water partition coefficient (Wildman–Crippen LogP) is 10.2. The van der Waals surface area contributed by atoms with Crippen LogP contribution in [0.4, 0.5) is 10.1 Å². The zero-order valence-electron chi connectivity index (χ0n) is 40.0. The van der Waals surface area contributed by atoms with E-state index in [2.05, 4.69) is 12.7 Å². The van der Waals surface area contributed by atoms with E-state index in [0.717, 1.165) is 42.4 Å². The summed E-state index contributed by atoms with van der Waals surface area (Å²) in [5.41, 5.74) is 3.30. The molecule has 1 amide bonds. The Kier molecular flexibility index (Phi) is 15.7. The number of rotatable bonds is 21. The molecule has 2 aliphatic heterocycles. The Labute approximate surface area is 408 Å². The number of nitro groups is 1. The number of amides is 1. The van der Waals surface area contributed by atoms with Gasteiger partial charge in [0, 0.05) is 61.4 Å². The van der Waals surface area contributed by atoms with Crippen LogP contribution >= 0.6 is 0 Å². The van der Waals surface area contributed by atoms with Crippen LogP contribution in [-0.4, -0.2) is 75.7 Å². The third kappa shape index (κ3) is 11.1. The van der Waals surface area contributed by atoms with Crippen LogP contribution in [-0.2, 0) is 27.5 Å². The average Bonchev–Trinajstić information content (AvgIpc) is 3.82. The molecule has 14 nitrogen and oxygen atoms in total. The number of allylic oxidation sites excluding steroid dienone is 1. The van der Waals surface area contributed by atoms with Gasteiger partial charge in [-0.15, -0.1) is 6.58 Å². The number of carbonyl (C=O) groups is 1. The standard InChI is InChI=1S/C55H62FN3O11/c1-5-28-68-55-50(58(33-37-18-23-48-49(29-37)67-35-66-48)51(62)25-19-36-16-20-40(21-17-36)59(63)64)32-46(57-70-54(2,3)4)43-30-38(12-8-10-26-60)42(14-9-11-27-61)52(53(43)55)44-31-41(22-24-47(44)69-55)65-34-39-13-6-7-15-45(39)56/h5-7,13,15-25,29-31,38,42,50,52-53,60-61H,1,8-12,14,26-28,32-35H2,2-4H3. The van der Waals surface area contributed by atoms with E-state index in [-0.39, 0.29) is 75.4 Å². The van der Waals surface area contributed by atoms with E-state index in [0.29, 0.717) is 52.7 Å². The highest BCUT2D eigenvalue weighted by atomic mass is 19.1. The Morgan fingerprint density at radius 2 is 1.71 bits per heavy atom. The van der Waals surface area contributed by atoms with Crippen LogP contribution in [0.1, 0.15) is 93.9 Å². The second kappa shape index (κ2) is 22.0. The van der Waals surface area contributed by atoms with Crippen molar-refractivity contribution in [3.8, 4) is 23.0 Å². The summed E-state index contributed by atoms with van der Waals surface area (Å²) in [5.74, 6) is -1.20. The van der Waals surface area contributed by atoms with Crippen LogP contribution in [0.3, 0.4) is 0 Å². The van der Waals surface area contributed by atoms with Gasteiger partial charge >= 0.3 is 0 Å². The summed E-state index contributed by atoms with van der Waals surface area (Å²) < 4.78 is 47.3.